The van der Waals surface area contributed by atoms with Crippen molar-refractivity contribution in [3.63, 3.8) is 0 Å². The average Bonchev–Trinajstić information content (AvgIpc) is 2.48. The van der Waals surface area contributed by atoms with Crippen molar-refractivity contribution in [1.82, 2.24) is 5.43 Å². The van der Waals surface area contributed by atoms with Crippen LogP contribution in [0.1, 0.15) is 24.2 Å². The molecular formula is C14H15N3O5. The van der Waals surface area contributed by atoms with Crippen LogP contribution in [0, 0.1) is 23.7 Å². The molecule has 0 saturated heterocycles. The number of hydrogen-bond acceptors (Lipinski definition) is 5. The van der Waals surface area contributed by atoms with Crippen molar-refractivity contribution in [2.75, 3.05) is 0 Å². The lowest BCUT2D eigenvalue weighted by atomic mass is 10.3. The van der Waals surface area contributed by atoms with Gasteiger partial charge in [0.05, 0.1) is 5.56 Å². The summed E-state index contributed by atoms with van der Waals surface area (Å²) in [4.78, 5) is 32.3. The summed E-state index contributed by atoms with van der Waals surface area (Å²) in [6, 6.07) is 3.36. The lowest BCUT2D eigenvalue weighted by Crippen LogP contribution is -2.67. The molecule has 1 aromatic heterocycles. The van der Waals surface area contributed by atoms with Gasteiger partial charge in [0.1, 0.15) is 11.9 Å². The largest absolute Gasteiger partial charge is 0.537 e. The fourth-order valence-corrected chi connectivity index (χ4v) is 0.844. The molecule has 0 radical (unpaired) electrons. The van der Waals surface area contributed by atoms with Gasteiger partial charge < -0.3 is 19.8 Å². The molecule has 0 aliphatic heterocycles. The van der Waals surface area contributed by atoms with E-state index < -0.39 is 11.9 Å². The Bertz CT molecular complexity index is 576. The fourth-order valence-electron chi connectivity index (χ4n) is 0.844. The first-order valence-electron chi connectivity index (χ1n) is 5.70. The van der Waals surface area contributed by atoms with Crippen molar-refractivity contribution in [2.45, 2.75) is 13.8 Å². The maximum atomic E-state index is 10.8. The molecular weight excluding hydrogens is 290 g/mol. The standard InChI is InChI=1S/C6H7N3O.2C4H4O2/c7-9-6(10)5-1-3-8-4-2-5;2*1-2-3-4(5)6/h1-4H,7H2,(H,9,10);2*1H3,(H,5,6). The van der Waals surface area contributed by atoms with Gasteiger partial charge in [-0.3, -0.25) is 10.6 Å². The molecule has 1 heterocycles. The Labute approximate surface area is 127 Å². The Morgan fingerprint density at radius 2 is 1.45 bits per heavy atom. The molecule has 0 unspecified atom stereocenters. The van der Waals surface area contributed by atoms with Crippen LogP contribution in [0.2, 0.25) is 0 Å². The van der Waals surface area contributed by atoms with E-state index in [2.05, 4.69) is 28.1 Å². The normalized spacial score (nSPS) is 7.05. The van der Waals surface area contributed by atoms with Crippen LogP contribution in [-0.2, 0) is 9.59 Å². The predicted molar refractivity (Wildman–Crippen MR) is 70.3 cm³/mol. The number of quaternary nitrogens is 1. The summed E-state index contributed by atoms with van der Waals surface area (Å²) in [7, 11) is 0. The second-order valence-corrected chi connectivity index (χ2v) is 3.12. The van der Waals surface area contributed by atoms with Gasteiger partial charge in [-0.05, 0) is 13.8 Å². The summed E-state index contributed by atoms with van der Waals surface area (Å²) in [5.41, 5.74) is 2.88. The second kappa shape index (κ2) is 14.1. The molecule has 0 saturated carbocycles. The number of rotatable bonds is 1. The molecule has 1 rings (SSSR count). The summed E-state index contributed by atoms with van der Waals surface area (Å²) < 4.78 is 0. The minimum absolute atomic E-state index is 0.172. The summed E-state index contributed by atoms with van der Waals surface area (Å²) in [6.07, 6.45) is 3.37. The van der Waals surface area contributed by atoms with E-state index in [0.717, 1.165) is 0 Å². The smallest absolute Gasteiger partial charge is 0.296 e. The van der Waals surface area contributed by atoms with Gasteiger partial charge in [-0.15, -0.1) is 11.8 Å². The van der Waals surface area contributed by atoms with Crippen LogP contribution in [0.25, 0.3) is 0 Å². The first kappa shape index (κ1) is 20.9. The number of hydrogen-bond donors (Lipinski definition) is 2. The van der Waals surface area contributed by atoms with E-state index in [4.69, 9.17) is 0 Å². The van der Waals surface area contributed by atoms with Gasteiger partial charge in [0.15, 0.2) is 12.4 Å². The lowest BCUT2D eigenvalue weighted by molar-refractivity contribution is -0.423. The summed E-state index contributed by atoms with van der Waals surface area (Å²) in [6.45, 7) is 2.88. The van der Waals surface area contributed by atoms with Crippen LogP contribution in [0.5, 0.6) is 0 Å². The van der Waals surface area contributed by atoms with Crippen LogP contribution in [0.3, 0.4) is 0 Å². The molecule has 5 N–H and O–H groups in total. The Morgan fingerprint density at radius 1 is 1.05 bits per heavy atom. The number of carbonyl (C=O) groups is 3. The quantitative estimate of drug-likeness (QED) is 0.399. The van der Waals surface area contributed by atoms with E-state index in [1.165, 1.54) is 13.8 Å². The first-order chi connectivity index (χ1) is 10.4. The van der Waals surface area contributed by atoms with Crippen molar-refractivity contribution < 1.29 is 35.4 Å². The number of aromatic nitrogens is 1. The Morgan fingerprint density at radius 3 is 1.68 bits per heavy atom. The number of pyridine rings is 1. The summed E-state index contributed by atoms with van der Waals surface area (Å²) in [5.74, 6) is 8.27. The van der Waals surface area contributed by atoms with Gasteiger partial charge >= 0.3 is 0 Å². The number of amides is 1. The summed E-state index contributed by atoms with van der Waals surface area (Å²) in [5, 5.41) is 18.6. The summed E-state index contributed by atoms with van der Waals surface area (Å²) >= 11 is 0. The van der Waals surface area contributed by atoms with Crippen LogP contribution in [0.15, 0.2) is 24.5 Å². The highest BCUT2D eigenvalue weighted by Gasteiger charge is 2.02. The van der Waals surface area contributed by atoms with Crippen LogP contribution in [-0.4, -0.2) is 17.8 Å². The molecule has 0 spiro atoms. The molecule has 1 amide bonds. The number of nitrogens with one attached hydrogen (secondary N) is 2. The molecule has 116 valence electrons. The second-order valence-electron chi connectivity index (χ2n) is 3.12. The van der Waals surface area contributed by atoms with E-state index in [1.54, 1.807) is 36.4 Å². The zero-order chi connectivity index (χ0) is 17.4. The number of aromatic amines is 1. The van der Waals surface area contributed by atoms with Crippen molar-refractivity contribution in [2.24, 2.45) is 0 Å². The SMILES string of the molecule is CC#CC(=O)[O-].CC#CC(=O)[O-].[NH3+]NC(=O)c1cc[nH+]cc1. The third kappa shape index (κ3) is 14.7. The third-order valence-corrected chi connectivity index (χ3v) is 1.60. The number of H-pyrrole nitrogens is 1. The lowest BCUT2D eigenvalue weighted by Gasteiger charge is -1.91. The number of aliphatic carboxylic acids is 2. The molecule has 8 nitrogen and oxygen atoms in total. The fraction of sp³-hybridized carbons (Fsp3) is 0.143. The number of carbonyl (C=O) groups excluding carboxylic acids is 3. The Hall–Kier alpha value is -3.36. The predicted octanol–water partition coefficient (Wildman–Crippen LogP) is -4.09. The minimum Gasteiger partial charge on any atom is -0.537 e. The maximum Gasteiger partial charge on any atom is 0.296 e. The van der Waals surface area contributed by atoms with E-state index in [0.29, 0.717) is 5.56 Å². The molecule has 8 heteroatoms. The van der Waals surface area contributed by atoms with Crippen molar-refractivity contribution in [3.8, 4) is 23.7 Å². The van der Waals surface area contributed by atoms with Gasteiger partial charge in [-0.1, -0.05) is 11.8 Å². The molecule has 1 aromatic rings. The number of carboxylic acids is 2. The molecule has 0 bridgehead atoms. The Balaban J connectivity index is 0. The van der Waals surface area contributed by atoms with E-state index in [9.17, 15) is 24.6 Å². The zero-order valence-electron chi connectivity index (χ0n) is 12.1. The molecule has 0 fully saturated rings. The Kier molecular flexibility index (Phi) is 13.4. The molecule has 0 atom stereocenters. The minimum atomic E-state index is -1.32. The van der Waals surface area contributed by atoms with E-state index in [1.807, 2.05) is 0 Å². The maximum absolute atomic E-state index is 10.8. The number of carboxylic acid groups (broad SMARTS) is 2. The van der Waals surface area contributed by atoms with Gasteiger partial charge in [0.2, 0.25) is 0 Å². The van der Waals surface area contributed by atoms with E-state index in [-0.39, 0.29) is 5.91 Å². The van der Waals surface area contributed by atoms with Crippen LogP contribution >= 0.6 is 0 Å². The highest BCUT2D eigenvalue weighted by molar-refractivity contribution is 5.92. The molecule has 0 aliphatic rings. The highest BCUT2D eigenvalue weighted by atomic mass is 16.4. The molecule has 0 aromatic carbocycles. The van der Waals surface area contributed by atoms with Crippen molar-refractivity contribution in [3.05, 3.63) is 30.1 Å². The first-order valence-corrected chi connectivity index (χ1v) is 5.70. The monoisotopic (exact) mass is 305 g/mol. The average molecular weight is 305 g/mol. The molecule has 22 heavy (non-hydrogen) atoms. The van der Waals surface area contributed by atoms with Crippen LogP contribution < -0.4 is 26.5 Å². The topological polar surface area (TPSA) is 151 Å². The zero-order valence-corrected chi connectivity index (χ0v) is 12.1. The van der Waals surface area contributed by atoms with Crippen LogP contribution in [0.4, 0.5) is 0 Å². The highest BCUT2D eigenvalue weighted by Crippen LogP contribution is 1.90. The van der Waals surface area contributed by atoms with Gasteiger partial charge in [-0.25, -0.2) is 10.4 Å². The van der Waals surface area contributed by atoms with Crippen molar-refractivity contribution >= 4 is 17.8 Å². The van der Waals surface area contributed by atoms with Gasteiger partial charge in [0, 0.05) is 12.1 Å². The van der Waals surface area contributed by atoms with Crippen molar-refractivity contribution in [1.29, 1.82) is 0 Å². The van der Waals surface area contributed by atoms with Gasteiger partial charge in [-0.2, -0.15) is 0 Å². The van der Waals surface area contributed by atoms with E-state index >= 15 is 0 Å². The third-order valence-electron chi connectivity index (χ3n) is 1.60. The van der Waals surface area contributed by atoms with Gasteiger partial charge in [0.25, 0.3) is 5.91 Å². The molecule has 0 aliphatic carbocycles.